The molecule has 3 heterocycles. The number of para-hydroxylation sites is 2. The van der Waals surface area contributed by atoms with E-state index in [1.165, 1.54) is 68.7 Å². The molecular formula is C35H20N2S2. The maximum absolute atomic E-state index is 5.18. The minimum absolute atomic E-state index is 1.07. The van der Waals surface area contributed by atoms with Crippen molar-refractivity contribution in [3.63, 3.8) is 0 Å². The standard InChI is InChI=1S/C35H20N2S2/c1-2-10-22-21(9-1)25(17-19-30(22)37-28-14-6-3-11-23(28)24-12-4-7-15-29(24)37)35-36-27-18-20-32-33(34(27)39-35)26-13-5-8-16-31(26)38-32/h1-20H. The molecule has 0 aliphatic rings. The van der Waals surface area contributed by atoms with Crippen LogP contribution in [0.4, 0.5) is 0 Å². The topological polar surface area (TPSA) is 17.8 Å². The van der Waals surface area contributed by atoms with E-state index in [0.717, 1.165) is 10.5 Å². The lowest BCUT2D eigenvalue weighted by Crippen LogP contribution is -1.96. The lowest BCUT2D eigenvalue weighted by Gasteiger charge is -2.13. The fourth-order valence-electron chi connectivity index (χ4n) is 6.16. The first-order valence-electron chi connectivity index (χ1n) is 13.1. The summed E-state index contributed by atoms with van der Waals surface area (Å²) in [5, 5.41) is 8.73. The molecule has 0 bridgehead atoms. The highest BCUT2D eigenvalue weighted by Gasteiger charge is 2.18. The van der Waals surface area contributed by atoms with Gasteiger partial charge in [-0.2, -0.15) is 0 Å². The molecule has 0 saturated carbocycles. The summed E-state index contributed by atoms with van der Waals surface area (Å²) in [6.45, 7) is 0. The summed E-state index contributed by atoms with van der Waals surface area (Å²) in [5.41, 5.74) is 5.90. The van der Waals surface area contributed by atoms with Crippen molar-refractivity contribution in [2.45, 2.75) is 0 Å². The van der Waals surface area contributed by atoms with Gasteiger partial charge in [0.05, 0.1) is 26.9 Å². The Hall–Kier alpha value is -4.51. The molecule has 0 N–H and O–H groups in total. The minimum Gasteiger partial charge on any atom is -0.309 e. The van der Waals surface area contributed by atoms with Crippen molar-refractivity contribution in [1.29, 1.82) is 0 Å². The van der Waals surface area contributed by atoms with Crippen LogP contribution in [0, 0.1) is 0 Å². The lowest BCUT2D eigenvalue weighted by atomic mass is 10.0. The van der Waals surface area contributed by atoms with Crippen molar-refractivity contribution in [3.05, 3.63) is 121 Å². The summed E-state index contributed by atoms with van der Waals surface area (Å²) in [7, 11) is 0. The number of thiazole rings is 1. The van der Waals surface area contributed by atoms with Crippen LogP contribution in [0.3, 0.4) is 0 Å². The molecule has 0 aliphatic heterocycles. The Morgan fingerprint density at radius 3 is 1.90 bits per heavy atom. The number of benzene rings is 6. The first-order chi connectivity index (χ1) is 19.3. The molecular weight excluding hydrogens is 513 g/mol. The van der Waals surface area contributed by atoms with Gasteiger partial charge in [-0.25, -0.2) is 4.98 Å². The van der Waals surface area contributed by atoms with Crippen molar-refractivity contribution >= 4 is 85.6 Å². The van der Waals surface area contributed by atoms with Crippen molar-refractivity contribution in [3.8, 4) is 16.3 Å². The normalized spacial score (nSPS) is 12.1. The molecule has 9 aromatic rings. The SMILES string of the molecule is c1ccc2c(c1)sc1ccc3nc(-c4ccc(-n5c6ccccc6c6ccccc65)c5ccccc45)sc3c12. The van der Waals surface area contributed by atoms with E-state index >= 15 is 0 Å². The first kappa shape index (κ1) is 21.4. The van der Waals surface area contributed by atoms with Gasteiger partial charge in [0.25, 0.3) is 0 Å². The van der Waals surface area contributed by atoms with Gasteiger partial charge in [0.2, 0.25) is 0 Å². The van der Waals surface area contributed by atoms with E-state index in [1.807, 2.05) is 22.7 Å². The third kappa shape index (κ3) is 2.98. The van der Waals surface area contributed by atoms with Crippen LogP contribution in [0.15, 0.2) is 121 Å². The van der Waals surface area contributed by atoms with Gasteiger partial charge < -0.3 is 4.57 Å². The molecule has 0 spiro atoms. The molecule has 4 heteroatoms. The smallest absolute Gasteiger partial charge is 0.125 e. The molecule has 0 atom stereocenters. The number of hydrogen-bond acceptors (Lipinski definition) is 3. The first-order valence-corrected chi connectivity index (χ1v) is 14.7. The average Bonchev–Trinajstić information content (AvgIpc) is 3.68. The Morgan fingerprint density at radius 1 is 0.487 bits per heavy atom. The maximum Gasteiger partial charge on any atom is 0.125 e. The average molecular weight is 533 g/mol. The number of rotatable bonds is 2. The zero-order valence-corrected chi connectivity index (χ0v) is 22.4. The van der Waals surface area contributed by atoms with Crippen molar-refractivity contribution in [2.75, 3.05) is 0 Å². The molecule has 0 fully saturated rings. The Balaban J connectivity index is 1.33. The van der Waals surface area contributed by atoms with Crippen LogP contribution in [0.5, 0.6) is 0 Å². The predicted octanol–water partition coefficient (Wildman–Crippen LogP) is 10.6. The molecule has 3 aromatic heterocycles. The summed E-state index contributed by atoms with van der Waals surface area (Å²) >= 11 is 3.67. The van der Waals surface area contributed by atoms with E-state index < -0.39 is 0 Å². The Morgan fingerprint density at radius 2 is 1.13 bits per heavy atom. The summed E-state index contributed by atoms with van der Waals surface area (Å²) in [6.07, 6.45) is 0. The number of thiophene rings is 1. The monoisotopic (exact) mass is 532 g/mol. The second kappa shape index (κ2) is 8.00. The van der Waals surface area contributed by atoms with Gasteiger partial charge in [-0.05, 0) is 47.9 Å². The third-order valence-electron chi connectivity index (χ3n) is 7.85. The summed E-state index contributed by atoms with van der Waals surface area (Å²) in [6, 6.07) is 43.8. The van der Waals surface area contributed by atoms with Gasteiger partial charge in [-0.15, -0.1) is 22.7 Å². The van der Waals surface area contributed by atoms with Gasteiger partial charge in [0.1, 0.15) is 5.01 Å². The van der Waals surface area contributed by atoms with E-state index in [1.54, 1.807) is 0 Å². The second-order valence-electron chi connectivity index (χ2n) is 9.95. The Kier molecular flexibility index (Phi) is 4.39. The van der Waals surface area contributed by atoms with Crippen LogP contribution < -0.4 is 0 Å². The molecule has 0 aliphatic carbocycles. The highest BCUT2D eigenvalue weighted by Crippen LogP contribution is 2.44. The van der Waals surface area contributed by atoms with Crippen LogP contribution in [0.2, 0.25) is 0 Å². The molecule has 2 nitrogen and oxygen atoms in total. The Labute approximate surface area is 232 Å². The highest BCUT2D eigenvalue weighted by molar-refractivity contribution is 7.28. The maximum atomic E-state index is 5.18. The summed E-state index contributed by atoms with van der Waals surface area (Å²) < 4.78 is 6.34. The Bertz CT molecular complexity index is 2350. The van der Waals surface area contributed by atoms with E-state index in [-0.39, 0.29) is 0 Å². The lowest BCUT2D eigenvalue weighted by molar-refractivity contribution is 1.20. The van der Waals surface area contributed by atoms with Crippen LogP contribution >= 0.6 is 22.7 Å². The molecule has 182 valence electrons. The van der Waals surface area contributed by atoms with Crippen molar-refractivity contribution in [2.24, 2.45) is 0 Å². The van der Waals surface area contributed by atoms with Crippen LogP contribution in [0.25, 0.3) is 79.2 Å². The molecule has 39 heavy (non-hydrogen) atoms. The number of hydrogen-bond donors (Lipinski definition) is 0. The summed E-state index contributed by atoms with van der Waals surface area (Å²) in [5.74, 6) is 0. The molecule has 0 unspecified atom stereocenters. The second-order valence-corrected chi connectivity index (χ2v) is 12.0. The third-order valence-corrected chi connectivity index (χ3v) is 10.1. The van der Waals surface area contributed by atoms with Crippen LogP contribution in [-0.2, 0) is 0 Å². The van der Waals surface area contributed by atoms with Crippen LogP contribution in [-0.4, -0.2) is 9.55 Å². The number of fused-ring (bicyclic) bond motifs is 9. The van der Waals surface area contributed by atoms with Gasteiger partial charge in [-0.3, -0.25) is 0 Å². The molecule has 0 amide bonds. The van der Waals surface area contributed by atoms with Gasteiger partial charge in [0, 0.05) is 41.9 Å². The zero-order chi connectivity index (χ0) is 25.5. The van der Waals surface area contributed by atoms with E-state index in [9.17, 15) is 0 Å². The van der Waals surface area contributed by atoms with E-state index in [4.69, 9.17) is 4.98 Å². The fourth-order valence-corrected chi connectivity index (χ4v) is 8.50. The summed E-state index contributed by atoms with van der Waals surface area (Å²) in [4.78, 5) is 5.18. The van der Waals surface area contributed by atoms with Crippen molar-refractivity contribution < 1.29 is 0 Å². The van der Waals surface area contributed by atoms with E-state index in [0.29, 0.717) is 0 Å². The fraction of sp³-hybridized carbons (Fsp3) is 0. The van der Waals surface area contributed by atoms with Crippen LogP contribution in [0.1, 0.15) is 0 Å². The van der Waals surface area contributed by atoms with E-state index in [2.05, 4.69) is 126 Å². The quantitative estimate of drug-likeness (QED) is 0.216. The van der Waals surface area contributed by atoms with Crippen molar-refractivity contribution in [1.82, 2.24) is 9.55 Å². The predicted molar refractivity (Wildman–Crippen MR) is 170 cm³/mol. The molecule has 6 aromatic carbocycles. The highest BCUT2D eigenvalue weighted by atomic mass is 32.1. The zero-order valence-electron chi connectivity index (χ0n) is 20.8. The molecule has 9 rings (SSSR count). The van der Waals surface area contributed by atoms with Gasteiger partial charge in [0.15, 0.2) is 0 Å². The number of nitrogens with zero attached hydrogens (tertiary/aromatic N) is 2. The molecule has 0 radical (unpaired) electrons. The van der Waals surface area contributed by atoms with Gasteiger partial charge in [-0.1, -0.05) is 78.9 Å². The largest absolute Gasteiger partial charge is 0.309 e. The number of aromatic nitrogens is 2. The molecule has 0 saturated heterocycles. The van der Waals surface area contributed by atoms with Gasteiger partial charge >= 0.3 is 0 Å². The minimum atomic E-state index is 1.07.